The van der Waals surface area contributed by atoms with Crippen LogP contribution in [0.2, 0.25) is 0 Å². The van der Waals surface area contributed by atoms with E-state index in [-0.39, 0.29) is 0 Å². The van der Waals surface area contributed by atoms with Gasteiger partial charge in [0.2, 0.25) is 0 Å². The molecule has 0 N–H and O–H groups in total. The molecular formula is C7H18N. The van der Waals surface area contributed by atoms with Crippen molar-refractivity contribution in [1.29, 1.82) is 0 Å². The van der Waals surface area contributed by atoms with Gasteiger partial charge in [-0.2, -0.15) is 0 Å². The van der Waals surface area contributed by atoms with Gasteiger partial charge in [0.25, 0.3) is 0 Å². The van der Waals surface area contributed by atoms with Crippen molar-refractivity contribution >= 4 is 0 Å². The van der Waals surface area contributed by atoms with Crippen molar-refractivity contribution < 1.29 is 0 Å². The van der Waals surface area contributed by atoms with E-state index in [1.165, 1.54) is 6.42 Å². The zero-order valence-corrected chi connectivity index (χ0v) is 6.57. The van der Waals surface area contributed by atoms with Crippen molar-refractivity contribution in [3.05, 3.63) is 6.92 Å². The second-order valence-corrected chi connectivity index (χ2v) is 2.20. The van der Waals surface area contributed by atoms with E-state index in [1.54, 1.807) is 0 Å². The van der Waals surface area contributed by atoms with Gasteiger partial charge in [0.1, 0.15) is 0 Å². The van der Waals surface area contributed by atoms with Crippen molar-refractivity contribution in [3.8, 4) is 0 Å². The Balaban J connectivity index is 0. The topological polar surface area (TPSA) is 3.24 Å². The third-order valence-corrected chi connectivity index (χ3v) is 0.354. The Labute approximate surface area is 53.7 Å². The van der Waals surface area contributed by atoms with Crippen LogP contribution in [0.15, 0.2) is 0 Å². The molecule has 0 saturated heterocycles. The number of unbranched alkanes of at least 4 members (excludes halogenated alkanes) is 1. The van der Waals surface area contributed by atoms with Crippen molar-refractivity contribution in [2.24, 2.45) is 0 Å². The average molecular weight is 116 g/mol. The molecule has 0 rings (SSSR count). The summed E-state index contributed by atoms with van der Waals surface area (Å²) in [7, 11) is 6.00. The monoisotopic (exact) mass is 116 g/mol. The smallest absolute Gasteiger partial charge is 0.0140 e. The van der Waals surface area contributed by atoms with Crippen LogP contribution in [0.5, 0.6) is 0 Å². The summed E-state index contributed by atoms with van der Waals surface area (Å²) in [5.41, 5.74) is 0. The minimum absolute atomic E-state index is 1.07. The molecule has 1 heteroatoms. The van der Waals surface area contributed by atoms with Crippen LogP contribution in [0.1, 0.15) is 19.8 Å². The summed E-state index contributed by atoms with van der Waals surface area (Å²) in [6, 6.07) is 0. The van der Waals surface area contributed by atoms with Gasteiger partial charge in [0.05, 0.1) is 0 Å². The van der Waals surface area contributed by atoms with Gasteiger partial charge in [-0.15, -0.1) is 0 Å². The molecule has 0 fully saturated rings. The number of nitrogens with zero attached hydrogens (tertiary/aromatic N) is 1. The highest BCUT2D eigenvalue weighted by atomic mass is 15.0. The molecule has 0 amide bonds. The molecule has 0 aromatic heterocycles. The van der Waals surface area contributed by atoms with Gasteiger partial charge in [-0.25, -0.2) is 0 Å². The summed E-state index contributed by atoms with van der Waals surface area (Å²) in [5, 5.41) is 0. The van der Waals surface area contributed by atoms with Crippen molar-refractivity contribution in [2.75, 3.05) is 21.1 Å². The van der Waals surface area contributed by atoms with Crippen LogP contribution in [-0.2, 0) is 0 Å². The lowest BCUT2D eigenvalue weighted by Gasteiger charge is -1.90. The molecule has 8 heavy (non-hydrogen) atoms. The molecule has 0 aliphatic heterocycles. The van der Waals surface area contributed by atoms with E-state index in [2.05, 4.69) is 13.8 Å². The summed E-state index contributed by atoms with van der Waals surface area (Å²) in [6.45, 7) is 5.72. The number of hydrogen-bond donors (Lipinski definition) is 0. The predicted molar refractivity (Wildman–Crippen MR) is 39.9 cm³/mol. The predicted octanol–water partition coefficient (Wildman–Crippen LogP) is 1.80. The van der Waals surface area contributed by atoms with Gasteiger partial charge in [-0.1, -0.05) is 26.7 Å². The van der Waals surface area contributed by atoms with Gasteiger partial charge in [-0.05, 0) is 21.1 Å². The lowest BCUT2D eigenvalue weighted by molar-refractivity contribution is 0.505. The zero-order chi connectivity index (χ0) is 6.99. The van der Waals surface area contributed by atoms with E-state index in [0.29, 0.717) is 0 Å². The normalized spacial score (nSPS) is 8.25. The highest BCUT2D eigenvalue weighted by Gasteiger charge is 1.58. The van der Waals surface area contributed by atoms with Gasteiger partial charge in [0, 0.05) is 0 Å². The van der Waals surface area contributed by atoms with Gasteiger partial charge in [0.15, 0.2) is 0 Å². The van der Waals surface area contributed by atoms with Crippen LogP contribution in [0.3, 0.4) is 0 Å². The Morgan fingerprint density at radius 3 is 1.38 bits per heavy atom. The summed E-state index contributed by atoms with van der Waals surface area (Å²) in [4.78, 5) is 2.00. The summed E-state index contributed by atoms with van der Waals surface area (Å²) in [6.07, 6.45) is 2.28. The first-order valence-electron chi connectivity index (χ1n) is 3.05. The van der Waals surface area contributed by atoms with Crippen molar-refractivity contribution in [3.63, 3.8) is 0 Å². The van der Waals surface area contributed by atoms with Crippen LogP contribution in [0, 0.1) is 6.92 Å². The highest BCUT2D eigenvalue weighted by Crippen LogP contribution is 1.75. The first kappa shape index (κ1) is 10.9. The van der Waals surface area contributed by atoms with E-state index in [0.717, 1.165) is 6.42 Å². The molecule has 0 atom stereocenters. The Bertz CT molecular complexity index is 20.8. The second kappa shape index (κ2) is 10.0. The molecule has 1 radical (unpaired) electrons. The minimum atomic E-state index is 1.07. The maximum Gasteiger partial charge on any atom is -0.0140 e. The summed E-state index contributed by atoms with van der Waals surface area (Å²) < 4.78 is 0. The SMILES string of the molecule is CN(C)C.[CH2]CCC. The van der Waals surface area contributed by atoms with E-state index < -0.39 is 0 Å². The Morgan fingerprint density at radius 1 is 1.25 bits per heavy atom. The second-order valence-electron chi connectivity index (χ2n) is 2.20. The zero-order valence-electron chi connectivity index (χ0n) is 6.57. The molecule has 0 aliphatic rings. The molecule has 0 spiro atoms. The fourth-order valence-corrected chi connectivity index (χ4v) is 0. The van der Waals surface area contributed by atoms with E-state index in [9.17, 15) is 0 Å². The van der Waals surface area contributed by atoms with Crippen LogP contribution in [-0.4, -0.2) is 26.0 Å². The maximum atomic E-state index is 3.60. The molecule has 51 valence electrons. The third-order valence-electron chi connectivity index (χ3n) is 0.354. The Kier molecular flexibility index (Phi) is 13.6. The average Bonchev–Trinajstić information content (AvgIpc) is 1.65. The number of rotatable bonds is 1. The number of hydrogen-bond acceptors (Lipinski definition) is 1. The van der Waals surface area contributed by atoms with Crippen LogP contribution >= 0.6 is 0 Å². The highest BCUT2D eigenvalue weighted by molar-refractivity contribution is 4.29. The van der Waals surface area contributed by atoms with Crippen LogP contribution in [0.25, 0.3) is 0 Å². The molecule has 1 nitrogen and oxygen atoms in total. The van der Waals surface area contributed by atoms with E-state index >= 15 is 0 Å². The Morgan fingerprint density at radius 2 is 1.38 bits per heavy atom. The fraction of sp³-hybridized carbons (Fsp3) is 0.857. The van der Waals surface area contributed by atoms with Crippen LogP contribution < -0.4 is 0 Å². The molecule has 0 aromatic carbocycles. The van der Waals surface area contributed by atoms with Gasteiger partial charge in [-0.3, -0.25) is 0 Å². The van der Waals surface area contributed by atoms with Crippen LogP contribution in [0.4, 0.5) is 0 Å². The summed E-state index contributed by atoms with van der Waals surface area (Å²) in [5.74, 6) is 0. The van der Waals surface area contributed by atoms with Crippen molar-refractivity contribution in [2.45, 2.75) is 19.8 Å². The first-order chi connectivity index (χ1) is 3.65. The van der Waals surface area contributed by atoms with Gasteiger partial charge >= 0.3 is 0 Å². The minimum Gasteiger partial charge on any atom is -0.312 e. The molecule has 0 aliphatic carbocycles. The standard InChI is InChI=1S/C4H9.C3H9N/c1-3-4-2;1-4(2)3/h1,3-4H2,2H3;1-3H3. The van der Waals surface area contributed by atoms with Gasteiger partial charge < -0.3 is 4.90 Å². The van der Waals surface area contributed by atoms with Crippen molar-refractivity contribution in [1.82, 2.24) is 4.90 Å². The largest absolute Gasteiger partial charge is 0.312 e. The molecule has 0 aromatic rings. The van der Waals surface area contributed by atoms with E-state index in [4.69, 9.17) is 0 Å². The molecule has 0 heterocycles. The summed E-state index contributed by atoms with van der Waals surface area (Å²) >= 11 is 0. The molecule has 0 bridgehead atoms. The third kappa shape index (κ3) is 159. The molecular weight excluding hydrogens is 98.1 g/mol. The molecule has 0 saturated carbocycles. The molecule has 0 unspecified atom stereocenters. The fourth-order valence-electron chi connectivity index (χ4n) is 0. The Hall–Kier alpha value is -0.0400. The lowest BCUT2D eigenvalue weighted by Crippen LogP contribution is -1.99. The maximum absolute atomic E-state index is 3.60. The first-order valence-corrected chi connectivity index (χ1v) is 3.05. The quantitative estimate of drug-likeness (QED) is 0.505. The van der Waals surface area contributed by atoms with E-state index in [1.807, 2.05) is 26.0 Å². The lowest BCUT2D eigenvalue weighted by atomic mass is 10.4.